The van der Waals surface area contributed by atoms with Crippen LogP contribution in [0.15, 0.2) is 16.6 Å². The molecule has 0 aliphatic rings. The van der Waals surface area contributed by atoms with E-state index < -0.39 is 29.0 Å². The number of hydrogen-bond acceptors (Lipinski definition) is 3. The van der Waals surface area contributed by atoms with Crippen molar-refractivity contribution in [3.63, 3.8) is 0 Å². The first kappa shape index (κ1) is 12.9. The molecule has 1 aromatic rings. The summed E-state index contributed by atoms with van der Waals surface area (Å²) in [4.78, 5) is 9.42. The van der Waals surface area contributed by atoms with Crippen molar-refractivity contribution in [1.29, 1.82) is 0 Å². The smallest absolute Gasteiger partial charge is 0.392 e. The van der Waals surface area contributed by atoms with Crippen molar-refractivity contribution >= 4 is 21.6 Å². The zero-order valence-corrected chi connectivity index (χ0v) is 9.17. The van der Waals surface area contributed by atoms with Gasteiger partial charge < -0.3 is 5.11 Å². The Balaban J connectivity index is 3.53. The molecular formula is C8H5BrF3NO3. The molecule has 0 unspecified atom stereocenters. The highest BCUT2D eigenvalue weighted by Gasteiger charge is 2.40. The highest BCUT2D eigenvalue weighted by molar-refractivity contribution is 9.10. The van der Waals surface area contributed by atoms with Crippen molar-refractivity contribution in [1.82, 2.24) is 0 Å². The lowest BCUT2D eigenvalue weighted by atomic mass is 10.1. The third-order valence-corrected chi connectivity index (χ3v) is 2.74. The molecule has 0 radical (unpaired) electrons. The van der Waals surface area contributed by atoms with Crippen molar-refractivity contribution in [2.75, 3.05) is 0 Å². The molecule has 16 heavy (non-hydrogen) atoms. The number of hydrogen-bond donors (Lipinski definition) is 1. The third-order valence-electron chi connectivity index (χ3n) is 1.85. The molecule has 1 aromatic carbocycles. The maximum absolute atomic E-state index is 12.4. The van der Waals surface area contributed by atoms with Crippen LogP contribution >= 0.6 is 15.9 Å². The average Bonchev–Trinajstić information content (AvgIpc) is 2.15. The standard InChI is InChI=1S/C8H5BrF3NO3/c9-6-4(3-14)1-2-5(8(10,11)12)7(6)13(15)16/h1-2,14H,3H2. The molecule has 0 aliphatic heterocycles. The molecular weight excluding hydrogens is 295 g/mol. The summed E-state index contributed by atoms with van der Waals surface area (Å²) in [5.74, 6) is 0. The Labute approximate surface area is 96.0 Å². The van der Waals surface area contributed by atoms with Gasteiger partial charge >= 0.3 is 6.18 Å². The minimum absolute atomic E-state index is 0.0275. The largest absolute Gasteiger partial charge is 0.423 e. The molecule has 0 spiro atoms. The van der Waals surface area contributed by atoms with Crippen LogP contribution in [0.3, 0.4) is 0 Å². The van der Waals surface area contributed by atoms with Gasteiger partial charge in [0.1, 0.15) is 10.0 Å². The molecule has 0 amide bonds. The lowest BCUT2D eigenvalue weighted by Crippen LogP contribution is -2.10. The van der Waals surface area contributed by atoms with Crippen LogP contribution in [0.2, 0.25) is 0 Å². The number of nitrogens with zero attached hydrogens (tertiary/aromatic N) is 1. The quantitative estimate of drug-likeness (QED) is 0.674. The maximum atomic E-state index is 12.4. The van der Waals surface area contributed by atoms with Crippen molar-refractivity contribution in [2.45, 2.75) is 12.8 Å². The molecule has 0 saturated heterocycles. The summed E-state index contributed by atoms with van der Waals surface area (Å²) < 4.78 is 37.0. The van der Waals surface area contributed by atoms with Gasteiger partial charge in [-0.1, -0.05) is 6.07 Å². The Bertz CT molecular complexity index is 433. The Kier molecular flexibility index (Phi) is 3.54. The number of halogens is 4. The van der Waals surface area contributed by atoms with Crippen LogP contribution in [0.5, 0.6) is 0 Å². The lowest BCUT2D eigenvalue weighted by Gasteiger charge is -2.10. The van der Waals surface area contributed by atoms with E-state index >= 15 is 0 Å². The summed E-state index contributed by atoms with van der Waals surface area (Å²) >= 11 is 2.68. The first-order valence-corrected chi connectivity index (χ1v) is 4.72. The van der Waals surface area contributed by atoms with Gasteiger partial charge in [0.05, 0.1) is 11.5 Å². The number of rotatable bonds is 2. The van der Waals surface area contributed by atoms with Gasteiger partial charge in [0.2, 0.25) is 0 Å². The number of nitro benzene ring substituents is 1. The Hall–Kier alpha value is -1.15. The van der Waals surface area contributed by atoms with Gasteiger partial charge in [-0.15, -0.1) is 0 Å². The summed E-state index contributed by atoms with van der Waals surface area (Å²) in [5.41, 5.74) is -2.40. The van der Waals surface area contributed by atoms with E-state index in [2.05, 4.69) is 15.9 Å². The highest BCUT2D eigenvalue weighted by atomic mass is 79.9. The van der Waals surface area contributed by atoms with E-state index in [1.54, 1.807) is 0 Å². The van der Waals surface area contributed by atoms with Crippen LogP contribution in [0, 0.1) is 10.1 Å². The van der Waals surface area contributed by atoms with Crippen molar-refractivity contribution in [3.05, 3.63) is 37.8 Å². The number of aliphatic hydroxyl groups excluding tert-OH is 1. The Morgan fingerprint density at radius 2 is 2.00 bits per heavy atom. The molecule has 0 bridgehead atoms. The van der Waals surface area contributed by atoms with Gasteiger partial charge in [0.15, 0.2) is 0 Å². The fourth-order valence-corrected chi connectivity index (χ4v) is 1.75. The molecule has 1 rings (SSSR count). The summed E-state index contributed by atoms with van der Waals surface area (Å²) in [5, 5.41) is 19.3. The van der Waals surface area contributed by atoms with E-state index in [0.717, 1.165) is 6.07 Å². The molecule has 0 saturated carbocycles. The van der Waals surface area contributed by atoms with E-state index in [4.69, 9.17) is 5.11 Å². The van der Waals surface area contributed by atoms with Crippen molar-refractivity contribution < 1.29 is 23.2 Å². The normalized spacial score (nSPS) is 11.6. The van der Waals surface area contributed by atoms with Crippen LogP contribution < -0.4 is 0 Å². The third kappa shape index (κ3) is 2.33. The minimum Gasteiger partial charge on any atom is -0.392 e. The van der Waals surface area contributed by atoms with Crippen LogP contribution in [-0.4, -0.2) is 10.0 Å². The summed E-state index contributed by atoms with van der Waals surface area (Å²) in [6.07, 6.45) is -4.81. The van der Waals surface area contributed by atoms with Gasteiger partial charge in [-0.2, -0.15) is 13.2 Å². The lowest BCUT2D eigenvalue weighted by molar-refractivity contribution is -0.389. The SMILES string of the molecule is O=[N+]([O-])c1c(C(F)(F)F)ccc(CO)c1Br. The van der Waals surface area contributed by atoms with Gasteiger partial charge in [0, 0.05) is 0 Å². The van der Waals surface area contributed by atoms with E-state index in [-0.39, 0.29) is 10.0 Å². The molecule has 0 atom stereocenters. The first-order valence-electron chi connectivity index (χ1n) is 3.93. The predicted molar refractivity (Wildman–Crippen MR) is 51.7 cm³/mol. The number of benzene rings is 1. The van der Waals surface area contributed by atoms with Crippen LogP contribution in [-0.2, 0) is 12.8 Å². The van der Waals surface area contributed by atoms with Gasteiger partial charge in [-0.25, -0.2) is 0 Å². The van der Waals surface area contributed by atoms with Crippen LogP contribution in [0.25, 0.3) is 0 Å². The molecule has 88 valence electrons. The number of nitro groups is 1. The average molecular weight is 300 g/mol. The van der Waals surface area contributed by atoms with E-state index in [9.17, 15) is 23.3 Å². The first-order chi connectivity index (χ1) is 7.29. The van der Waals surface area contributed by atoms with Crippen molar-refractivity contribution in [3.8, 4) is 0 Å². The monoisotopic (exact) mass is 299 g/mol. The van der Waals surface area contributed by atoms with E-state index in [0.29, 0.717) is 6.07 Å². The maximum Gasteiger partial charge on any atom is 0.423 e. The van der Waals surface area contributed by atoms with Gasteiger partial charge in [0.25, 0.3) is 5.69 Å². The van der Waals surface area contributed by atoms with Gasteiger partial charge in [-0.3, -0.25) is 10.1 Å². The fraction of sp³-hybridized carbons (Fsp3) is 0.250. The number of alkyl halides is 3. The summed E-state index contributed by atoms with van der Waals surface area (Å²) in [6, 6.07) is 1.56. The second kappa shape index (κ2) is 4.38. The zero-order chi connectivity index (χ0) is 12.5. The molecule has 8 heteroatoms. The highest BCUT2D eigenvalue weighted by Crippen LogP contribution is 2.41. The zero-order valence-electron chi connectivity index (χ0n) is 7.58. The minimum atomic E-state index is -4.81. The number of aliphatic hydroxyl groups is 1. The second-order valence-corrected chi connectivity index (χ2v) is 3.64. The van der Waals surface area contributed by atoms with E-state index in [1.165, 1.54) is 0 Å². The molecule has 0 heterocycles. The van der Waals surface area contributed by atoms with E-state index in [1.807, 2.05) is 0 Å². The van der Waals surface area contributed by atoms with Crippen molar-refractivity contribution in [2.24, 2.45) is 0 Å². The fourth-order valence-electron chi connectivity index (χ4n) is 1.14. The molecule has 0 aromatic heterocycles. The second-order valence-electron chi connectivity index (χ2n) is 2.85. The van der Waals surface area contributed by atoms with Gasteiger partial charge in [-0.05, 0) is 27.6 Å². The Morgan fingerprint density at radius 3 is 2.38 bits per heavy atom. The Morgan fingerprint density at radius 1 is 1.44 bits per heavy atom. The van der Waals surface area contributed by atoms with Crippen LogP contribution in [0.1, 0.15) is 11.1 Å². The predicted octanol–water partition coefficient (Wildman–Crippen LogP) is 2.87. The topological polar surface area (TPSA) is 63.4 Å². The molecule has 4 nitrogen and oxygen atoms in total. The molecule has 0 fully saturated rings. The molecule has 1 N–H and O–H groups in total. The molecule has 0 aliphatic carbocycles. The summed E-state index contributed by atoms with van der Waals surface area (Å²) in [7, 11) is 0. The summed E-state index contributed by atoms with van der Waals surface area (Å²) in [6.45, 7) is -0.584. The van der Waals surface area contributed by atoms with Crippen LogP contribution in [0.4, 0.5) is 18.9 Å².